The van der Waals surface area contributed by atoms with Gasteiger partial charge in [0.15, 0.2) is 11.6 Å². The van der Waals surface area contributed by atoms with E-state index in [0.29, 0.717) is 17.5 Å². The topological polar surface area (TPSA) is 54.4 Å². The van der Waals surface area contributed by atoms with Crippen molar-refractivity contribution in [1.29, 1.82) is 0 Å². The van der Waals surface area contributed by atoms with Crippen LogP contribution in [0.1, 0.15) is 34.1 Å². The summed E-state index contributed by atoms with van der Waals surface area (Å²) in [5.41, 5.74) is 0.705. The molecule has 0 aliphatic heterocycles. The van der Waals surface area contributed by atoms with Crippen LogP contribution in [0.15, 0.2) is 24.3 Å². The molecule has 0 heterocycles. The lowest BCUT2D eigenvalue weighted by Gasteiger charge is -2.04. The lowest BCUT2D eigenvalue weighted by Crippen LogP contribution is -2.11. The van der Waals surface area contributed by atoms with Crippen LogP contribution in [0, 0.1) is 0 Å². The molecule has 1 N–H and O–H groups in total. The maximum absolute atomic E-state index is 11.4. The molecule has 0 unspecified atom stereocenters. The Hall–Kier alpha value is -1.48. The van der Waals surface area contributed by atoms with Crippen molar-refractivity contribution in [3.63, 3.8) is 0 Å². The number of aliphatic hydroxyl groups is 1. The summed E-state index contributed by atoms with van der Waals surface area (Å²) in [6.45, 7) is 1.18. The first-order valence-corrected chi connectivity index (χ1v) is 4.47. The number of hydrogen-bond donors (Lipinski definition) is 1. The van der Waals surface area contributed by atoms with Crippen LogP contribution < -0.4 is 0 Å². The molecule has 14 heavy (non-hydrogen) atoms. The fourth-order valence-corrected chi connectivity index (χ4v) is 1.25. The predicted molar refractivity (Wildman–Crippen MR) is 52.5 cm³/mol. The van der Waals surface area contributed by atoms with Gasteiger partial charge in [-0.05, 0) is 0 Å². The van der Waals surface area contributed by atoms with E-state index in [-0.39, 0.29) is 5.78 Å². The first-order chi connectivity index (χ1) is 6.70. The zero-order chi connectivity index (χ0) is 10.6. The van der Waals surface area contributed by atoms with E-state index >= 15 is 0 Å². The molecule has 74 valence electrons. The molecular formula is C11H12O3. The molecule has 0 aromatic heterocycles. The van der Waals surface area contributed by atoms with E-state index in [9.17, 15) is 9.59 Å². The summed E-state index contributed by atoms with van der Waals surface area (Å²) < 4.78 is 0. The largest absolute Gasteiger partial charge is 0.388 e. The Kier molecular flexibility index (Phi) is 3.54. The van der Waals surface area contributed by atoms with Crippen molar-refractivity contribution < 1.29 is 14.7 Å². The second-order valence-corrected chi connectivity index (χ2v) is 2.90. The number of ketones is 2. The van der Waals surface area contributed by atoms with Gasteiger partial charge >= 0.3 is 0 Å². The first kappa shape index (κ1) is 10.6. The Morgan fingerprint density at radius 3 is 2.07 bits per heavy atom. The number of rotatable bonds is 4. The molecule has 0 aliphatic rings. The predicted octanol–water partition coefficient (Wildman–Crippen LogP) is 1.45. The summed E-state index contributed by atoms with van der Waals surface area (Å²) in [5, 5.41) is 8.71. The highest BCUT2D eigenvalue weighted by molar-refractivity contribution is 6.09. The average Bonchev–Trinajstić information content (AvgIpc) is 2.27. The number of hydrogen-bond acceptors (Lipinski definition) is 3. The average molecular weight is 192 g/mol. The van der Waals surface area contributed by atoms with Gasteiger partial charge in [0.05, 0.1) is 0 Å². The van der Waals surface area contributed by atoms with Crippen molar-refractivity contribution in [2.75, 3.05) is 6.61 Å². The highest BCUT2D eigenvalue weighted by Gasteiger charge is 2.13. The van der Waals surface area contributed by atoms with Crippen molar-refractivity contribution in [1.82, 2.24) is 0 Å². The van der Waals surface area contributed by atoms with Gasteiger partial charge in [0.1, 0.15) is 6.61 Å². The zero-order valence-electron chi connectivity index (χ0n) is 7.99. The lowest BCUT2D eigenvalue weighted by atomic mass is 9.99. The van der Waals surface area contributed by atoms with E-state index in [2.05, 4.69) is 0 Å². The van der Waals surface area contributed by atoms with Gasteiger partial charge in [-0.15, -0.1) is 0 Å². The summed E-state index contributed by atoms with van der Waals surface area (Å²) in [5.74, 6) is -0.496. The van der Waals surface area contributed by atoms with Crippen molar-refractivity contribution in [2.45, 2.75) is 13.3 Å². The maximum atomic E-state index is 11.4. The molecule has 3 heteroatoms. The van der Waals surface area contributed by atoms with Crippen molar-refractivity contribution >= 4 is 11.6 Å². The van der Waals surface area contributed by atoms with Crippen LogP contribution in [-0.4, -0.2) is 23.3 Å². The summed E-state index contributed by atoms with van der Waals surface area (Å²) in [6.07, 6.45) is 0.357. The minimum atomic E-state index is -0.562. The van der Waals surface area contributed by atoms with Gasteiger partial charge in [-0.3, -0.25) is 9.59 Å². The Balaban J connectivity index is 3.15. The third kappa shape index (κ3) is 2.06. The molecule has 0 bridgehead atoms. The molecule has 0 atom stereocenters. The first-order valence-electron chi connectivity index (χ1n) is 4.47. The van der Waals surface area contributed by atoms with Gasteiger partial charge in [-0.1, -0.05) is 31.2 Å². The standard InChI is InChI=1S/C11H12O3/c1-2-10(13)8-5-3-4-6-9(8)11(14)7-12/h3-6,12H,2,7H2,1H3. The molecule has 1 aromatic carbocycles. The quantitative estimate of drug-likeness (QED) is 0.734. The lowest BCUT2D eigenvalue weighted by molar-refractivity contribution is 0.0892. The highest BCUT2D eigenvalue weighted by atomic mass is 16.3. The molecule has 1 rings (SSSR count). The van der Waals surface area contributed by atoms with E-state index in [1.807, 2.05) is 0 Å². The van der Waals surface area contributed by atoms with Crippen molar-refractivity contribution in [2.24, 2.45) is 0 Å². The second kappa shape index (κ2) is 4.67. The highest BCUT2D eigenvalue weighted by Crippen LogP contribution is 2.11. The smallest absolute Gasteiger partial charge is 0.188 e. The van der Waals surface area contributed by atoms with Crippen LogP contribution in [0.2, 0.25) is 0 Å². The number of aliphatic hydroxyl groups excluding tert-OH is 1. The number of Topliss-reactive ketones (excluding diaryl/α,β-unsaturated/α-hetero) is 2. The van der Waals surface area contributed by atoms with E-state index < -0.39 is 12.4 Å². The molecule has 0 saturated carbocycles. The van der Waals surface area contributed by atoms with E-state index in [0.717, 1.165) is 0 Å². The van der Waals surface area contributed by atoms with E-state index in [4.69, 9.17) is 5.11 Å². The minimum absolute atomic E-state index is 0.0811. The number of benzene rings is 1. The summed E-state index contributed by atoms with van der Waals surface area (Å²) in [6, 6.07) is 6.54. The van der Waals surface area contributed by atoms with Crippen LogP contribution >= 0.6 is 0 Å². The zero-order valence-corrected chi connectivity index (χ0v) is 7.99. The van der Waals surface area contributed by atoms with Gasteiger partial charge in [0.2, 0.25) is 0 Å². The molecular weight excluding hydrogens is 180 g/mol. The van der Waals surface area contributed by atoms with Crippen LogP contribution in [0.5, 0.6) is 0 Å². The molecule has 0 aliphatic carbocycles. The number of carbonyl (C=O) groups excluding carboxylic acids is 2. The molecule has 0 fully saturated rings. The van der Waals surface area contributed by atoms with E-state index in [1.165, 1.54) is 0 Å². The molecule has 1 aromatic rings. The monoisotopic (exact) mass is 192 g/mol. The summed E-state index contributed by atoms with van der Waals surface area (Å²) >= 11 is 0. The number of carbonyl (C=O) groups is 2. The van der Waals surface area contributed by atoms with Crippen LogP contribution in [-0.2, 0) is 0 Å². The fraction of sp³-hybridized carbons (Fsp3) is 0.273. The molecule has 0 amide bonds. The maximum Gasteiger partial charge on any atom is 0.188 e. The molecule has 0 spiro atoms. The Morgan fingerprint density at radius 1 is 1.14 bits per heavy atom. The summed E-state index contributed by atoms with van der Waals surface area (Å²) in [7, 11) is 0. The minimum Gasteiger partial charge on any atom is -0.388 e. The van der Waals surface area contributed by atoms with Gasteiger partial charge in [0, 0.05) is 17.5 Å². The van der Waals surface area contributed by atoms with Crippen LogP contribution in [0.4, 0.5) is 0 Å². The second-order valence-electron chi connectivity index (χ2n) is 2.90. The van der Waals surface area contributed by atoms with Gasteiger partial charge in [-0.25, -0.2) is 0 Å². The van der Waals surface area contributed by atoms with Gasteiger partial charge < -0.3 is 5.11 Å². The summed E-state index contributed by atoms with van der Waals surface area (Å²) in [4.78, 5) is 22.7. The van der Waals surface area contributed by atoms with Crippen LogP contribution in [0.3, 0.4) is 0 Å². The molecule has 0 saturated heterocycles. The molecule has 0 radical (unpaired) electrons. The Labute approximate surface area is 82.4 Å². The molecule has 3 nitrogen and oxygen atoms in total. The third-order valence-electron chi connectivity index (χ3n) is 1.99. The van der Waals surface area contributed by atoms with Gasteiger partial charge in [0.25, 0.3) is 0 Å². The van der Waals surface area contributed by atoms with Crippen LogP contribution in [0.25, 0.3) is 0 Å². The van der Waals surface area contributed by atoms with Crippen molar-refractivity contribution in [3.8, 4) is 0 Å². The van der Waals surface area contributed by atoms with E-state index in [1.54, 1.807) is 31.2 Å². The SMILES string of the molecule is CCC(=O)c1ccccc1C(=O)CO. The fourth-order valence-electron chi connectivity index (χ4n) is 1.25. The van der Waals surface area contributed by atoms with Crippen molar-refractivity contribution in [3.05, 3.63) is 35.4 Å². The third-order valence-corrected chi connectivity index (χ3v) is 1.99. The normalized spacial score (nSPS) is 9.86. The van der Waals surface area contributed by atoms with Gasteiger partial charge in [-0.2, -0.15) is 0 Å². The Morgan fingerprint density at radius 2 is 1.64 bits per heavy atom. The Bertz CT molecular complexity index is 320.